The molecule has 1 aliphatic rings. The summed E-state index contributed by atoms with van der Waals surface area (Å²) < 4.78 is 0. The summed E-state index contributed by atoms with van der Waals surface area (Å²) in [5, 5.41) is 14.2. The first-order valence-corrected chi connectivity index (χ1v) is 8.48. The van der Waals surface area contributed by atoms with Crippen molar-refractivity contribution in [2.24, 2.45) is 5.92 Å². The predicted octanol–water partition coefficient (Wildman–Crippen LogP) is 2.35. The van der Waals surface area contributed by atoms with E-state index in [1.165, 1.54) is 29.2 Å². The Labute approximate surface area is 159 Å². The van der Waals surface area contributed by atoms with Crippen LogP contribution < -0.4 is 15.3 Å². The average molecular weight is 392 g/mol. The summed E-state index contributed by atoms with van der Waals surface area (Å²) in [4.78, 5) is 36.9. The highest BCUT2D eigenvalue weighted by Crippen LogP contribution is 2.33. The van der Waals surface area contributed by atoms with E-state index in [4.69, 9.17) is 23.2 Å². The molecule has 1 heterocycles. The zero-order chi connectivity index (χ0) is 18.8. The minimum Gasteiger partial charge on any atom is -0.545 e. The Morgan fingerprint density at radius 3 is 2.46 bits per heavy atom. The molecule has 0 spiro atoms. The number of halogens is 2. The molecular formula is C18H13Cl2N2O4-. The highest BCUT2D eigenvalue weighted by Gasteiger charge is 2.36. The third-order valence-corrected chi connectivity index (χ3v) is 4.64. The van der Waals surface area contributed by atoms with Gasteiger partial charge in [-0.2, -0.15) is 0 Å². The van der Waals surface area contributed by atoms with Gasteiger partial charge in [0.2, 0.25) is 11.8 Å². The summed E-state index contributed by atoms with van der Waals surface area (Å²) in [5.74, 6) is -2.40. The van der Waals surface area contributed by atoms with Crippen molar-refractivity contribution in [3.05, 3.63) is 58.1 Å². The zero-order valence-electron chi connectivity index (χ0n) is 13.4. The second-order valence-electron chi connectivity index (χ2n) is 5.86. The van der Waals surface area contributed by atoms with Gasteiger partial charge in [-0.1, -0.05) is 35.3 Å². The number of nitrogens with one attached hydrogen (secondary N) is 1. The Morgan fingerprint density at radius 1 is 1.12 bits per heavy atom. The highest BCUT2D eigenvalue weighted by atomic mass is 35.5. The van der Waals surface area contributed by atoms with Crippen LogP contribution in [0.5, 0.6) is 0 Å². The van der Waals surface area contributed by atoms with Gasteiger partial charge in [-0.3, -0.25) is 9.59 Å². The monoisotopic (exact) mass is 391 g/mol. The summed E-state index contributed by atoms with van der Waals surface area (Å²) in [7, 11) is 0. The van der Waals surface area contributed by atoms with Gasteiger partial charge < -0.3 is 20.1 Å². The van der Waals surface area contributed by atoms with E-state index in [1.54, 1.807) is 18.2 Å². The van der Waals surface area contributed by atoms with Crippen molar-refractivity contribution in [1.29, 1.82) is 0 Å². The Morgan fingerprint density at radius 2 is 1.81 bits per heavy atom. The van der Waals surface area contributed by atoms with E-state index in [0.29, 0.717) is 21.4 Å². The van der Waals surface area contributed by atoms with Gasteiger partial charge in [0, 0.05) is 23.7 Å². The minimum absolute atomic E-state index is 0.0146. The molecule has 26 heavy (non-hydrogen) atoms. The Bertz CT molecular complexity index is 883. The number of amides is 2. The Hall–Kier alpha value is -2.57. The normalized spacial score (nSPS) is 16.6. The van der Waals surface area contributed by atoms with E-state index < -0.39 is 11.9 Å². The van der Waals surface area contributed by atoms with E-state index >= 15 is 0 Å². The number of hydrogen-bond acceptors (Lipinski definition) is 4. The lowest BCUT2D eigenvalue weighted by Gasteiger charge is -2.18. The molecule has 6 nitrogen and oxygen atoms in total. The van der Waals surface area contributed by atoms with Crippen molar-refractivity contribution >= 4 is 52.4 Å². The van der Waals surface area contributed by atoms with E-state index in [9.17, 15) is 19.5 Å². The van der Waals surface area contributed by atoms with Gasteiger partial charge in [-0.15, -0.1) is 0 Å². The average Bonchev–Trinajstić information content (AvgIpc) is 2.99. The molecule has 1 saturated heterocycles. The molecule has 0 unspecified atom stereocenters. The van der Waals surface area contributed by atoms with Crippen molar-refractivity contribution in [2.45, 2.75) is 6.42 Å². The van der Waals surface area contributed by atoms with Crippen molar-refractivity contribution in [3.63, 3.8) is 0 Å². The fourth-order valence-electron chi connectivity index (χ4n) is 2.74. The summed E-state index contributed by atoms with van der Waals surface area (Å²) in [6.07, 6.45) is 0.0474. The largest absolute Gasteiger partial charge is 0.545 e. The molecule has 0 radical (unpaired) electrons. The molecule has 0 aromatic heterocycles. The lowest BCUT2D eigenvalue weighted by molar-refractivity contribution is -0.255. The maximum absolute atomic E-state index is 12.4. The topological polar surface area (TPSA) is 89.5 Å². The fourth-order valence-corrected chi connectivity index (χ4v) is 3.13. The molecule has 2 aromatic carbocycles. The molecule has 1 N–H and O–H groups in total. The molecule has 0 saturated carbocycles. The number of carbonyl (C=O) groups excluding carboxylic acids is 3. The number of hydrogen-bond donors (Lipinski definition) is 1. The van der Waals surface area contributed by atoms with Crippen LogP contribution in [-0.4, -0.2) is 24.3 Å². The second-order valence-corrected chi connectivity index (χ2v) is 6.70. The van der Waals surface area contributed by atoms with Crippen molar-refractivity contribution in [2.75, 3.05) is 16.8 Å². The van der Waals surface area contributed by atoms with Crippen molar-refractivity contribution in [1.82, 2.24) is 0 Å². The lowest BCUT2D eigenvalue weighted by atomic mass is 10.1. The maximum atomic E-state index is 12.4. The Balaban J connectivity index is 1.70. The third-order valence-electron chi connectivity index (χ3n) is 4.08. The minimum atomic E-state index is -1.29. The predicted molar refractivity (Wildman–Crippen MR) is 96.3 cm³/mol. The van der Waals surface area contributed by atoms with Crippen LogP contribution in [0.4, 0.5) is 11.4 Å². The second kappa shape index (κ2) is 7.35. The van der Waals surface area contributed by atoms with Gasteiger partial charge in [0.25, 0.3) is 0 Å². The number of carbonyl (C=O) groups is 3. The Kier molecular flexibility index (Phi) is 5.15. The molecule has 0 aliphatic carbocycles. The van der Waals surface area contributed by atoms with Crippen LogP contribution in [0.3, 0.4) is 0 Å². The molecule has 2 amide bonds. The van der Waals surface area contributed by atoms with Crippen molar-refractivity contribution in [3.8, 4) is 0 Å². The van der Waals surface area contributed by atoms with Crippen LogP contribution in [0.1, 0.15) is 16.8 Å². The van der Waals surface area contributed by atoms with Crippen LogP contribution in [0.15, 0.2) is 42.5 Å². The SMILES string of the molecule is O=C([O-])c1ccc(NC(=O)[C@@H]2CC(=O)N(c3cc(Cl)ccc3Cl)C2)cc1. The molecular weight excluding hydrogens is 379 g/mol. The molecule has 8 heteroatoms. The van der Waals surface area contributed by atoms with Crippen molar-refractivity contribution < 1.29 is 19.5 Å². The molecule has 134 valence electrons. The smallest absolute Gasteiger partial charge is 0.229 e. The standard InChI is InChI=1S/C18H14Cl2N2O4/c19-12-3-6-14(20)15(8-12)22-9-11(7-16(22)23)17(24)21-13-4-1-10(2-5-13)18(25)26/h1-6,8,11H,7,9H2,(H,21,24)(H,25,26)/p-1/t11-/m1/s1. The van der Waals surface area contributed by atoms with Gasteiger partial charge in [0.1, 0.15) is 0 Å². The molecule has 1 aliphatic heterocycles. The number of rotatable bonds is 4. The van der Waals surface area contributed by atoms with E-state index in [1.807, 2.05) is 0 Å². The zero-order valence-corrected chi connectivity index (χ0v) is 14.9. The molecule has 3 rings (SSSR count). The van der Waals surface area contributed by atoms with Gasteiger partial charge >= 0.3 is 0 Å². The van der Waals surface area contributed by atoms with Gasteiger partial charge in [-0.05, 0) is 35.9 Å². The summed E-state index contributed by atoms with van der Waals surface area (Å²) in [6, 6.07) is 10.4. The number of aromatic carboxylic acids is 1. The first kappa shape index (κ1) is 18.2. The quantitative estimate of drug-likeness (QED) is 0.865. The fraction of sp³-hybridized carbons (Fsp3) is 0.167. The first-order valence-electron chi connectivity index (χ1n) is 7.73. The summed E-state index contributed by atoms with van der Waals surface area (Å²) in [6.45, 7) is 0.182. The summed E-state index contributed by atoms with van der Waals surface area (Å²) in [5.41, 5.74) is 0.922. The van der Waals surface area contributed by atoms with E-state index in [2.05, 4.69) is 5.32 Å². The molecule has 2 aromatic rings. The van der Waals surface area contributed by atoms with Gasteiger partial charge in [0.05, 0.1) is 22.6 Å². The van der Waals surface area contributed by atoms with Crippen LogP contribution in [-0.2, 0) is 9.59 Å². The number of carboxylic acids is 1. The molecule has 1 fully saturated rings. The van der Waals surface area contributed by atoms with Gasteiger partial charge in [-0.25, -0.2) is 0 Å². The third kappa shape index (κ3) is 3.81. The number of carboxylic acid groups (broad SMARTS) is 1. The maximum Gasteiger partial charge on any atom is 0.229 e. The number of benzene rings is 2. The number of anilines is 2. The van der Waals surface area contributed by atoms with Crippen LogP contribution in [0.2, 0.25) is 10.0 Å². The lowest BCUT2D eigenvalue weighted by Crippen LogP contribution is -2.28. The highest BCUT2D eigenvalue weighted by molar-refractivity contribution is 6.36. The molecule has 1 atom stereocenters. The molecule has 0 bridgehead atoms. The van der Waals surface area contributed by atoms with Gasteiger partial charge in [0.15, 0.2) is 0 Å². The van der Waals surface area contributed by atoms with Crippen LogP contribution >= 0.6 is 23.2 Å². The van der Waals surface area contributed by atoms with Crippen LogP contribution in [0.25, 0.3) is 0 Å². The van der Waals surface area contributed by atoms with E-state index in [-0.39, 0.29) is 30.3 Å². The first-order chi connectivity index (χ1) is 12.3. The van der Waals surface area contributed by atoms with Crippen LogP contribution in [0, 0.1) is 5.92 Å². The van der Waals surface area contributed by atoms with E-state index in [0.717, 1.165) is 0 Å². The summed E-state index contributed by atoms with van der Waals surface area (Å²) >= 11 is 12.1. The number of nitrogens with zero attached hydrogens (tertiary/aromatic N) is 1.